The molecule has 30 heavy (non-hydrogen) atoms. The lowest BCUT2D eigenvalue weighted by molar-refractivity contribution is 0.176. The lowest BCUT2D eigenvalue weighted by Crippen LogP contribution is -2.42. The van der Waals surface area contributed by atoms with Gasteiger partial charge < -0.3 is 10.6 Å². The molecule has 1 aliphatic rings. The molecule has 0 amide bonds. The Morgan fingerprint density at radius 3 is 2.63 bits per heavy atom. The molecule has 1 aromatic carbocycles. The molecule has 0 radical (unpaired) electrons. The Bertz CT molecular complexity index is 812. The number of hydrogen-bond acceptors (Lipinski definition) is 4. The first-order valence-corrected chi connectivity index (χ1v) is 11.6. The van der Waals surface area contributed by atoms with Crippen molar-refractivity contribution in [2.24, 2.45) is 10.9 Å². The molecular formula is C23H36IN5S. The van der Waals surface area contributed by atoms with Crippen LogP contribution in [0.1, 0.15) is 47.2 Å². The standard InChI is InChI=1S/C23H35N5S.HI/c1-5-22-27-21(16-29-22)15-28-10-8-19(9-11-28)13-25-23(24-4)26-14-20-7-6-17(2)12-18(20)3;/h6-7,12,16,19H,5,8-11,13-15H2,1-4H3,(H2,24,25,26);1H. The lowest BCUT2D eigenvalue weighted by atomic mass is 9.97. The van der Waals surface area contributed by atoms with Crippen molar-refractivity contribution in [3.05, 3.63) is 51.0 Å². The highest BCUT2D eigenvalue weighted by molar-refractivity contribution is 14.0. The predicted octanol–water partition coefficient (Wildman–Crippen LogP) is 4.52. The zero-order chi connectivity index (χ0) is 20.6. The number of halogens is 1. The topological polar surface area (TPSA) is 52.6 Å². The number of nitrogens with zero attached hydrogens (tertiary/aromatic N) is 3. The van der Waals surface area contributed by atoms with E-state index in [1.165, 1.54) is 40.2 Å². The fraction of sp³-hybridized carbons (Fsp3) is 0.565. The van der Waals surface area contributed by atoms with Crippen LogP contribution < -0.4 is 10.6 Å². The van der Waals surface area contributed by atoms with Gasteiger partial charge in [0.1, 0.15) is 0 Å². The third-order valence-corrected chi connectivity index (χ3v) is 6.76. The van der Waals surface area contributed by atoms with Crippen molar-refractivity contribution in [3.8, 4) is 0 Å². The van der Waals surface area contributed by atoms with Gasteiger partial charge in [-0.25, -0.2) is 4.98 Å². The highest BCUT2D eigenvalue weighted by Gasteiger charge is 2.20. The molecule has 1 aliphatic heterocycles. The molecule has 1 fully saturated rings. The Balaban J connectivity index is 0.00000320. The summed E-state index contributed by atoms with van der Waals surface area (Å²) in [6.45, 7) is 11.6. The van der Waals surface area contributed by atoms with E-state index in [-0.39, 0.29) is 24.0 Å². The summed E-state index contributed by atoms with van der Waals surface area (Å²) in [4.78, 5) is 11.6. The second-order valence-corrected chi connectivity index (χ2v) is 8.98. The fourth-order valence-electron chi connectivity index (χ4n) is 3.85. The van der Waals surface area contributed by atoms with E-state index >= 15 is 0 Å². The number of benzene rings is 1. The molecule has 0 atom stereocenters. The van der Waals surface area contributed by atoms with Crippen LogP contribution in [0.4, 0.5) is 0 Å². The third-order valence-electron chi connectivity index (χ3n) is 5.72. The van der Waals surface area contributed by atoms with E-state index in [9.17, 15) is 0 Å². The Morgan fingerprint density at radius 1 is 1.23 bits per heavy atom. The first kappa shape index (κ1) is 25.1. The van der Waals surface area contributed by atoms with Crippen molar-refractivity contribution < 1.29 is 0 Å². The Kier molecular flexibility index (Phi) is 10.5. The van der Waals surface area contributed by atoms with Crippen LogP contribution in [-0.2, 0) is 19.5 Å². The number of thiazole rings is 1. The van der Waals surface area contributed by atoms with E-state index in [4.69, 9.17) is 4.98 Å². The SMILES string of the molecule is CCc1nc(CN2CCC(CNC(=NC)NCc3ccc(C)cc3C)CC2)cs1.I. The zero-order valence-corrected chi connectivity index (χ0v) is 21.8. The number of aryl methyl sites for hydroxylation is 3. The molecule has 1 aromatic heterocycles. The van der Waals surface area contributed by atoms with E-state index in [2.05, 4.69) is 64.9 Å². The average molecular weight is 542 g/mol. The predicted molar refractivity (Wildman–Crippen MR) is 139 cm³/mol. The van der Waals surface area contributed by atoms with Gasteiger partial charge in [-0.05, 0) is 63.2 Å². The van der Waals surface area contributed by atoms with Gasteiger partial charge in [0.2, 0.25) is 0 Å². The minimum absolute atomic E-state index is 0. The van der Waals surface area contributed by atoms with Crippen LogP contribution in [0.3, 0.4) is 0 Å². The third kappa shape index (κ3) is 7.50. The number of nitrogens with one attached hydrogen (secondary N) is 2. The van der Waals surface area contributed by atoms with E-state index in [0.29, 0.717) is 5.92 Å². The van der Waals surface area contributed by atoms with Crippen LogP contribution >= 0.6 is 35.3 Å². The first-order valence-electron chi connectivity index (χ1n) is 10.7. The molecule has 166 valence electrons. The summed E-state index contributed by atoms with van der Waals surface area (Å²) in [6.07, 6.45) is 3.49. The summed E-state index contributed by atoms with van der Waals surface area (Å²) in [6, 6.07) is 6.60. The van der Waals surface area contributed by atoms with Crippen LogP contribution in [-0.4, -0.2) is 42.5 Å². The van der Waals surface area contributed by atoms with Crippen molar-refractivity contribution >= 4 is 41.3 Å². The van der Waals surface area contributed by atoms with Crippen molar-refractivity contribution in [3.63, 3.8) is 0 Å². The summed E-state index contributed by atoms with van der Waals surface area (Å²) in [5, 5.41) is 10.5. The van der Waals surface area contributed by atoms with E-state index in [1.807, 2.05) is 7.05 Å². The highest BCUT2D eigenvalue weighted by atomic mass is 127. The van der Waals surface area contributed by atoms with Crippen molar-refractivity contribution in [2.45, 2.75) is 53.1 Å². The number of hydrogen-bond donors (Lipinski definition) is 2. The number of aromatic nitrogens is 1. The molecule has 2 N–H and O–H groups in total. The maximum Gasteiger partial charge on any atom is 0.191 e. The van der Waals surface area contributed by atoms with Crippen LogP contribution in [0, 0.1) is 19.8 Å². The van der Waals surface area contributed by atoms with Crippen LogP contribution in [0.5, 0.6) is 0 Å². The Morgan fingerprint density at radius 2 is 2.00 bits per heavy atom. The van der Waals surface area contributed by atoms with Crippen molar-refractivity contribution in [1.82, 2.24) is 20.5 Å². The summed E-state index contributed by atoms with van der Waals surface area (Å²) in [7, 11) is 1.85. The quantitative estimate of drug-likeness (QED) is 0.308. The molecule has 5 nitrogen and oxygen atoms in total. The van der Waals surface area contributed by atoms with Crippen molar-refractivity contribution in [2.75, 3.05) is 26.7 Å². The highest BCUT2D eigenvalue weighted by Crippen LogP contribution is 2.19. The van der Waals surface area contributed by atoms with Gasteiger partial charge in [-0.2, -0.15) is 0 Å². The molecular weight excluding hydrogens is 505 g/mol. The normalized spacial score (nSPS) is 15.7. The molecule has 2 heterocycles. The summed E-state index contributed by atoms with van der Waals surface area (Å²) >= 11 is 1.79. The molecule has 3 rings (SSSR count). The lowest BCUT2D eigenvalue weighted by Gasteiger charge is -2.31. The second kappa shape index (κ2) is 12.6. The zero-order valence-electron chi connectivity index (χ0n) is 18.7. The first-order chi connectivity index (χ1) is 14.1. The van der Waals surface area contributed by atoms with Crippen LogP contribution in [0.15, 0.2) is 28.6 Å². The monoisotopic (exact) mass is 541 g/mol. The molecule has 0 aliphatic carbocycles. The number of guanidine groups is 1. The number of likely N-dealkylation sites (tertiary alicyclic amines) is 1. The van der Waals surface area contributed by atoms with E-state index in [0.717, 1.165) is 45.1 Å². The van der Waals surface area contributed by atoms with Crippen molar-refractivity contribution in [1.29, 1.82) is 0 Å². The van der Waals surface area contributed by atoms with Gasteiger partial charge in [0.25, 0.3) is 0 Å². The smallest absolute Gasteiger partial charge is 0.191 e. The second-order valence-electron chi connectivity index (χ2n) is 8.04. The van der Waals surface area contributed by atoms with Crippen LogP contribution in [0.2, 0.25) is 0 Å². The van der Waals surface area contributed by atoms with Gasteiger partial charge in [-0.3, -0.25) is 9.89 Å². The largest absolute Gasteiger partial charge is 0.356 e. The fourth-order valence-corrected chi connectivity index (χ4v) is 4.58. The Hall–Kier alpha value is -1.19. The molecule has 0 bridgehead atoms. The molecule has 2 aromatic rings. The summed E-state index contributed by atoms with van der Waals surface area (Å²) in [5.74, 6) is 1.59. The number of piperidine rings is 1. The molecule has 7 heteroatoms. The summed E-state index contributed by atoms with van der Waals surface area (Å²) in [5.41, 5.74) is 5.19. The number of aliphatic imine (C=N–C) groups is 1. The number of rotatable bonds is 7. The molecule has 0 saturated carbocycles. The van der Waals surface area contributed by atoms with Gasteiger partial charge in [-0.15, -0.1) is 35.3 Å². The van der Waals surface area contributed by atoms with Gasteiger partial charge in [0.15, 0.2) is 5.96 Å². The molecule has 0 unspecified atom stereocenters. The van der Waals surface area contributed by atoms with E-state index < -0.39 is 0 Å². The van der Waals surface area contributed by atoms with Gasteiger partial charge in [0.05, 0.1) is 10.7 Å². The maximum atomic E-state index is 4.71. The van der Waals surface area contributed by atoms with E-state index in [1.54, 1.807) is 11.3 Å². The van der Waals surface area contributed by atoms with Gasteiger partial charge in [-0.1, -0.05) is 30.7 Å². The van der Waals surface area contributed by atoms with Gasteiger partial charge >= 0.3 is 0 Å². The average Bonchev–Trinajstić information content (AvgIpc) is 3.18. The summed E-state index contributed by atoms with van der Waals surface area (Å²) < 4.78 is 0. The maximum absolute atomic E-state index is 4.71. The molecule has 1 saturated heterocycles. The van der Waals surface area contributed by atoms with Gasteiger partial charge in [0, 0.05) is 32.1 Å². The minimum Gasteiger partial charge on any atom is -0.356 e. The minimum atomic E-state index is 0. The Labute approximate surface area is 202 Å². The van der Waals surface area contributed by atoms with Crippen LogP contribution in [0.25, 0.3) is 0 Å². The molecule has 0 spiro atoms.